The SMILES string of the molecule is O=[N+]([O-])/N=c1\nc(-c2n[nH]c([N+](=O)[O-])n2)[nH][nH]1. The van der Waals surface area contributed by atoms with Gasteiger partial charge in [-0.05, 0) is 9.91 Å². The summed E-state index contributed by atoms with van der Waals surface area (Å²) in [5.41, 5.74) is -0.308. The van der Waals surface area contributed by atoms with E-state index in [1.807, 2.05) is 0 Å². The molecule has 0 aromatic carbocycles. The van der Waals surface area contributed by atoms with E-state index in [2.05, 4.69) is 35.5 Å². The molecule has 0 fully saturated rings. The van der Waals surface area contributed by atoms with Crippen molar-refractivity contribution in [3.8, 4) is 11.6 Å². The van der Waals surface area contributed by atoms with Crippen molar-refractivity contribution in [3.05, 3.63) is 25.8 Å². The van der Waals surface area contributed by atoms with Crippen LogP contribution in [0.3, 0.4) is 0 Å². The van der Waals surface area contributed by atoms with Crippen LogP contribution in [0.4, 0.5) is 5.95 Å². The Labute approximate surface area is 89.9 Å². The second-order valence-corrected chi connectivity index (χ2v) is 2.61. The lowest BCUT2D eigenvalue weighted by Gasteiger charge is -1.83. The molecule has 0 saturated carbocycles. The van der Waals surface area contributed by atoms with Crippen LogP contribution in [-0.2, 0) is 0 Å². The maximum absolute atomic E-state index is 10.3. The summed E-state index contributed by atoms with van der Waals surface area (Å²) >= 11 is 0. The van der Waals surface area contributed by atoms with Crippen molar-refractivity contribution in [2.75, 3.05) is 0 Å². The molecule has 0 radical (unpaired) electrons. The van der Waals surface area contributed by atoms with Gasteiger partial charge in [-0.15, -0.1) is 5.10 Å². The predicted octanol–water partition coefficient (Wildman–Crippen LogP) is -1.48. The second kappa shape index (κ2) is 3.80. The molecule has 13 nitrogen and oxygen atoms in total. The number of H-pyrrole nitrogens is 3. The molecule has 2 heterocycles. The largest absolute Gasteiger partial charge is 0.453 e. The summed E-state index contributed by atoms with van der Waals surface area (Å²) in [7, 11) is 0. The van der Waals surface area contributed by atoms with E-state index in [1.54, 1.807) is 0 Å². The Morgan fingerprint density at radius 2 is 1.94 bits per heavy atom. The predicted molar refractivity (Wildman–Crippen MR) is 47.5 cm³/mol. The summed E-state index contributed by atoms with van der Waals surface area (Å²) in [6, 6.07) is 0. The van der Waals surface area contributed by atoms with Crippen LogP contribution in [0.5, 0.6) is 0 Å². The highest BCUT2D eigenvalue weighted by molar-refractivity contribution is 5.41. The third-order valence-corrected chi connectivity index (χ3v) is 1.55. The highest BCUT2D eigenvalue weighted by Crippen LogP contribution is 2.09. The lowest BCUT2D eigenvalue weighted by atomic mass is 10.6. The zero-order valence-corrected chi connectivity index (χ0v) is 7.82. The lowest BCUT2D eigenvalue weighted by molar-refractivity contribution is -0.491. The van der Waals surface area contributed by atoms with Gasteiger partial charge in [-0.25, -0.2) is 10.1 Å². The topological polar surface area (TPSA) is 185 Å². The minimum Gasteiger partial charge on any atom is -0.390 e. The number of hydrogen-bond donors (Lipinski definition) is 3. The van der Waals surface area contributed by atoms with Crippen molar-refractivity contribution in [2.24, 2.45) is 5.10 Å². The molecule has 0 aliphatic heterocycles. The Kier molecular flexibility index (Phi) is 2.32. The van der Waals surface area contributed by atoms with Gasteiger partial charge in [0, 0.05) is 0 Å². The molecular formula is C4H3N9O4. The van der Waals surface area contributed by atoms with Gasteiger partial charge >= 0.3 is 17.4 Å². The number of nitrogens with one attached hydrogen (secondary N) is 3. The molecule has 13 heteroatoms. The Bertz CT molecular complexity index is 633. The first kappa shape index (κ1) is 10.4. The van der Waals surface area contributed by atoms with Crippen LogP contribution in [0, 0.1) is 20.2 Å². The van der Waals surface area contributed by atoms with Gasteiger partial charge in [0.25, 0.3) is 0 Å². The van der Waals surface area contributed by atoms with Crippen LogP contribution < -0.4 is 5.62 Å². The number of nitrogens with zero attached hydrogens (tertiary/aromatic N) is 6. The Balaban J connectivity index is 2.37. The van der Waals surface area contributed by atoms with Crippen molar-refractivity contribution in [1.29, 1.82) is 0 Å². The van der Waals surface area contributed by atoms with Gasteiger partial charge in [-0.1, -0.05) is 5.10 Å². The monoisotopic (exact) mass is 241 g/mol. The minimum absolute atomic E-state index is 0.0186. The van der Waals surface area contributed by atoms with Crippen molar-refractivity contribution in [3.63, 3.8) is 0 Å². The van der Waals surface area contributed by atoms with E-state index >= 15 is 0 Å². The molecule has 0 unspecified atom stereocenters. The van der Waals surface area contributed by atoms with E-state index in [-0.39, 0.29) is 17.3 Å². The average Bonchev–Trinajstić information content (AvgIpc) is 2.83. The molecule has 0 amide bonds. The standard InChI is InChI=1S/C4H3N9O4/c14-12(15)4-6-2(8-10-4)1-5-3(9-7-1)11-13(16)17/h(H,6,8,10)(H2,5,7,9,11). The molecule has 0 saturated heterocycles. The molecule has 3 N–H and O–H groups in total. The Hall–Kier alpha value is -3.12. The highest BCUT2D eigenvalue weighted by Gasteiger charge is 2.18. The summed E-state index contributed by atoms with van der Waals surface area (Å²) in [6.07, 6.45) is 0. The third-order valence-electron chi connectivity index (χ3n) is 1.55. The van der Waals surface area contributed by atoms with Gasteiger partial charge in [0.1, 0.15) is 5.10 Å². The first-order chi connectivity index (χ1) is 8.06. The second-order valence-electron chi connectivity index (χ2n) is 2.61. The van der Waals surface area contributed by atoms with E-state index in [0.29, 0.717) is 0 Å². The smallest absolute Gasteiger partial charge is 0.390 e. The maximum atomic E-state index is 10.3. The number of aromatic amines is 3. The number of aromatic nitrogens is 6. The van der Waals surface area contributed by atoms with Crippen LogP contribution in [0.1, 0.15) is 0 Å². The quantitative estimate of drug-likeness (QED) is 0.431. The maximum Gasteiger partial charge on any atom is 0.453 e. The average molecular weight is 241 g/mol. The molecule has 0 aliphatic carbocycles. The summed E-state index contributed by atoms with van der Waals surface area (Å²) in [5, 5.41) is 32.5. The van der Waals surface area contributed by atoms with Gasteiger partial charge in [0.15, 0.2) is 5.03 Å². The fourth-order valence-corrected chi connectivity index (χ4v) is 0.948. The molecule has 2 aromatic rings. The minimum atomic E-state index is -0.948. The molecular weight excluding hydrogens is 238 g/mol. The van der Waals surface area contributed by atoms with Crippen molar-refractivity contribution < 1.29 is 9.96 Å². The third kappa shape index (κ3) is 2.11. The molecule has 2 rings (SSSR count). The van der Waals surface area contributed by atoms with E-state index in [0.717, 1.165) is 0 Å². The summed E-state index contributed by atoms with van der Waals surface area (Å²) in [4.78, 5) is 26.7. The van der Waals surface area contributed by atoms with Gasteiger partial charge in [0.2, 0.25) is 5.82 Å². The van der Waals surface area contributed by atoms with Crippen LogP contribution in [0.15, 0.2) is 5.10 Å². The van der Waals surface area contributed by atoms with Crippen LogP contribution in [0.25, 0.3) is 11.6 Å². The number of hydrogen-bond acceptors (Lipinski definition) is 7. The number of rotatable bonds is 3. The van der Waals surface area contributed by atoms with E-state index < -0.39 is 15.9 Å². The summed E-state index contributed by atoms with van der Waals surface area (Å²) in [6.45, 7) is 0. The van der Waals surface area contributed by atoms with Gasteiger partial charge < -0.3 is 10.1 Å². The Morgan fingerprint density at radius 1 is 1.18 bits per heavy atom. The fraction of sp³-hybridized carbons (Fsp3) is 0. The van der Waals surface area contributed by atoms with Gasteiger partial charge in [-0.3, -0.25) is 10.2 Å². The molecule has 2 aromatic heterocycles. The Morgan fingerprint density at radius 3 is 2.53 bits per heavy atom. The van der Waals surface area contributed by atoms with Crippen LogP contribution >= 0.6 is 0 Å². The zero-order valence-electron chi connectivity index (χ0n) is 7.82. The van der Waals surface area contributed by atoms with Crippen molar-refractivity contribution in [1.82, 2.24) is 30.4 Å². The lowest BCUT2D eigenvalue weighted by Crippen LogP contribution is -2.09. The molecule has 17 heavy (non-hydrogen) atoms. The fourth-order valence-electron chi connectivity index (χ4n) is 0.948. The van der Waals surface area contributed by atoms with Gasteiger partial charge in [-0.2, -0.15) is 4.98 Å². The van der Waals surface area contributed by atoms with E-state index in [1.165, 1.54) is 0 Å². The van der Waals surface area contributed by atoms with Crippen LogP contribution in [-0.4, -0.2) is 40.3 Å². The van der Waals surface area contributed by atoms with Gasteiger partial charge in [0.05, 0.1) is 0 Å². The van der Waals surface area contributed by atoms with Crippen molar-refractivity contribution in [2.45, 2.75) is 0 Å². The van der Waals surface area contributed by atoms with E-state index in [4.69, 9.17) is 0 Å². The number of nitro groups is 2. The normalized spacial score (nSPS) is 11.6. The molecule has 0 spiro atoms. The molecule has 0 atom stereocenters. The molecule has 88 valence electrons. The first-order valence-electron chi connectivity index (χ1n) is 3.97. The van der Waals surface area contributed by atoms with Crippen LogP contribution in [0.2, 0.25) is 0 Å². The van der Waals surface area contributed by atoms with Crippen molar-refractivity contribution >= 4 is 5.95 Å². The molecule has 0 aliphatic rings. The first-order valence-corrected chi connectivity index (χ1v) is 3.97. The highest BCUT2D eigenvalue weighted by atomic mass is 16.7. The van der Waals surface area contributed by atoms with E-state index in [9.17, 15) is 20.2 Å². The molecule has 0 bridgehead atoms. The zero-order chi connectivity index (χ0) is 12.4. The summed E-state index contributed by atoms with van der Waals surface area (Å²) in [5.74, 6) is -0.697. The summed E-state index contributed by atoms with van der Waals surface area (Å²) < 4.78 is 0.